The normalized spacial score (nSPS) is 13.9. The van der Waals surface area contributed by atoms with Crippen molar-refractivity contribution in [2.45, 2.75) is 35.7 Å². The van der Waals surface area contributed by atoms with Crippen LogP contribution in [-0.4, -0.2) is 19.8 Å². The Balaban J connectivity index is 2.70. The molecule has 92 valence electrons. The topological polar surface area (TPSA) is 46.2 Å². The Labute approximate surface area is 109 Å². The van der Waals surface area contributed by atoms with Crippen molar-refractivity contribution in [1.29, 1.82) is 0 Å². The molecule has 16 heavy (non-hydrogen) atoms. The SMILES string of the molecule is CCc1ccc(S(=O)(=O)NCC(Br)CC)s1. The molecular formula is C10H16BrNO2S2. The number of nitrogens with one attached hydrogen (secondary N) is 1. The monoisotopic (exact) mass is 325 g/mol. The predicted octanol–water partition coefficient (Wildman–Crippen LogP) is 2.76. The molecule has 1 aromatic heterocycles. The number of hydrogen-bond acceptors (Lipinski definition) is 3. The molecule has 1 aromatic rings. The van der Waals surface area contributed by atoms with Gasteiger partial charge < -0.3 is 0 Å². The third kappa shape index (κ3) is 3.84. The molecule has 0 spiro atoms. The van der Waals surface area contributed by atoms with Crippen molar-refractivity contribution in [2.24, 2.45) is 0 Å². The van der Waals surface area contributed by atoms with Gasteiger partial charge in [-0.1, -0.05) is 29.8 Å². The lowest BCUT2D eigenvalue weighted by Crippen LogP contribution is -2.28. The molecule has 0 aromatic carbocycles. The van der Waals surface area contributed by atoms with E-state index in [2.05, 4.69) is 20.7 Å². The van der Waals surface area contributed by atoms with E-state index in [-0.39, 0.29) is 4.83 Å². The quantitative estimate of drug-likeness (QED) is 0.817. The van der Waals surface area contributed by atoms with Crippen LogP contribution in [0, 0.1) is 0 Å². The van der Waals surface area contributed by atoms with Crippen LogP contribution in [0.3, 0.4) is 0 Å². The van der Waals surface area contributed by atoms with Crippen LogP contribution in [0.2, 0.25) is 0 Å². The molecule has 1 atom stereocenters. The van der Waals surface area contributed by atoms with Crippen LogP contribution in [-0.2, 0) is 16.4 Å². The Morgan fingerprint density at radius 2 is 2.12 bits per heavy atom. The van der Waals surface area contributed by atoms with E-state index in [1.807, 2.05) is 19.9 Å². The molecule has 0 bridgehead atoms. The van der Waals surface area contributed by atoms with Crippen molar-refractivity contribution in [3.63, 3.8) is 0 Å². The standard InChI is InChI=1S/C10H16BrNO2S2/c1-3-8(11)7-12-16(13,14)10-6-5-9(4-2)15-10/h5-6,8,12H,3-4,7H2,1-2H3. The van der Waals surface area contributed by atoms with E-state index in [4.69, 9.17) is 0 Å². The van der Waals surface area contributed by atoms with Crippen LogP contribution in [0.25, 0.3) is 0 Å². The first-order chi connectivity index (χ1) is 7.49. The maximum atomic E-state index is 11.9. The second-order valence-corrected chi connectivity index (χ2v) is 7.89. The number of hydrogen-bond donors (Lipinski definition) is 1. The van der Waals surface area contributed by atoms with Crippen LogP contribution < -0.4 is 4.72 Å². The van der Waals surface area contributed by atoms with Crippen molar-refractivity contribution in [3.05, 3.63) is 17.0 Å². The smallest absolute Gasteiger partial charge is 0.209 e. The van der Waals surface area contributed by atoms with Gasteiger partial charge in [0.2, 0.25) is 10.0 Å². The summed E-state index contributed by atoms with van der Waals surface area (Å²) in [7, 11) is -3.32. The first kappa shape index (κ1) is 14.2. The molecule has 0 aliphatic heterocycles. The maximum Gasteiger partial charge on any atom is 0.250 e. The number of rotatable bonds is 6. The van der Waals surface area contributed by atoms with Crippen LogP contribution in [0.4, 0.5) is 0 Å². The first-order valence-corrected chi connectivity index (χ1v) is 8.43. The van der Waals surface area contributed by atoms with E-state index in [9.17, 15) is 8.42 Å². The molecule has 0 aliphatic rings. The van der Waals surface area contributed by atoms with Gasteiger partial charge in [-0.3, -0.25) is 0 Å². The third-order valence-corrected chi connectivity index (χ3v) is 6.30. The van der Waals surface area contributed by atoms with Crippen molar-refractivity contribution >= 4 is 37.3 Å². The van der Waals surface area contributed by atoms with Crippen LogP contribution in [0.1, 0.15) is 25.1 Å². The van der Waals surface area contributed by atoms with E-state index < -0.39 is 10.0 Å². The molecule has 6 heteroatoms. The van der Waals surface area contributed by atoms with Gasteiger partial charge in [0.1, 0.15) is 4.21 Å². The summed E-state index contributed by atoms with van der Waals surface area (Å²) in [5, 5.41) is 0. The van der Waals surface area contributed by atoms with Crippen molar-refractivity contribution in [1.82, 2.24) is 4.72 Å². The van der Waals surface area contributed by atoms with E-state index in [1.165, 1.54) is 11.3 Å². The summed E-state index contributed by atoms with van der Waals surface area (Å²) in [6.45, 7) is 4.45. The van der Waals surface area contributed by atoms with Gasteiger partial charge >= 0.3 is 0 Å². The highest BCUT2D eigenvalue weighted by molar-refractivity contribution is 9.09. The van der Waals surface area contributed by atoms with Gasteiger partial charge in [0, 0.05) is 16.2 Å². The Morgan fingerprint density at radius 1 is 1.44 bits per heavy atom. The van der Waals surface area contributed by atoms with Crippen molar-refractivity contribution in [3.8, 4) is 0 Å². The second kappa shape index (κ2) is 6.14. The summed E-state index contributed by atoms with van der Waals surface area (Å²) in [4.78, 5) is 1.28. The van der Waals surface area contributed by atoms with Gasteiger partial charge in [0.25, 0.3) is 0 Å². The summed E-state index contributed by atoms with van der Waals surface area (Å²) >= 11 is 4.73. The third-order valence-electron chi connectivity index (χ3n) is 2.19. The highest BCUT2D eigenvalue weighted by Crippen LogP contribution is 2.21. The van der Waals surface area contributed by atoms with Crippen LogP contribution in [0.15, 0.2) is 16.3 Å². The first-order valence-electron chi connectivity index (χ1n) is 5.22. The molecule has 3 nitrogen and oxygen atoms in total. The van der Waals surface area contributed by atoms with Gasteiger partial charge in [-0.25, -0.2) is 13.1 Å². The van der Waals surface area contributed by atoms with Crippen LogP contribution >= 0.6 is 27.3 Å². The summed E-state index contributed by atoms with van der Waals surface area (Å²) < 4.78 is 26.7. The largest absolute Gasteiger partial charge is 0.250 e. The lowest BCUT2D eigenvalue weighted by atomic mass is 10.3. The number of halogens is 1. The molecule has 1 N–H and O–H groups in total. The van der Waals surface area contributed by atoms with Crippen molar-refractivity contribution < 1.29 is 8.42 Å². The zero-order valence-corrected chi connectivity index (χ0v) is 12.6. The molecule has 0 saturated carbocycles. The van der Waals surface area contributed by atoms with Gasteiger partial charge in [0.05, 0.1) is 0 Å². The summed E-state index contributed by atoms with van der Waals surface area (Å²) in [6.07, 6.45) is 1.77. The minimum atomic E-state index is -3.32. The Morgan fingerprint density at radius 3 is 2.62 bits per heavy atom. The highest BCUT2D eigenvalue weighted by atomic mass is 79.9. The average molecular weight is 326 g/mol. The molecular weight excluding hydrogens is 310 g/mol. The molecule has 1 unspecified atom stereocenters. The number of alkyl halides is 1. The molecule has 0 saturated heterocycles. The maximum absolute atomic E-state index is 11.9. The van der Waals surface area contributed by atoms with E-state index in [1.54, 1.807) is 6.07 Å². The van der Waals surface area contributed by atoms with E-state index >= 15 is 0 Å². The molecule has 1 heterocycles. The fourth-order valence-corrected chi connectivity index (χ4v) is 3.91. The number of aryl methyl sites for hydroxylation is 1. The van der Waals surface area contributed by atoms with Crippen molar-refractivity contribution in [2.75, 3.05) is 6.54 Å². The Bertz CT molecular complexity index is 428. The molecule has 0 fully saturated rings. The molecule has 0 radical (unpaired) electrons. The summed E-state index contributed by atoms with van der Waals surface area (Å²) in [5.41, 5.74) is 0. The number of thiophene rings is 1. The zero-order valence-electron chi connectivity index (χ0n) is 9.36. The fourth-order valence-electron chi connectivity index (χ4n) is 1.11. The van der Waals surface area contributed by atoms with Gasteiger partial charge in [-0.2, -0.15) is 0 Å². The lowest BCUT2D eigenvalue weighted by Gasteiger charge is -2.08. The Kier molecular flexibility index (Phi) is 5.43. The molecule has 1 rings (SSSR count). The van der Waals surface area contributed by atoms with Gasteiger partial charge in [-0.05, 0) is 25.0 Å². The van der Waals surface area contributed by atoms with E-state index in [0.29, 0.717) is 10.8 Å². The average Bonchev–Trinajstić information content (AvgIpc) is 2.75. The highest BCUT2D eigenvalue weighted by Gasteiger charge is 2.17. The molecule has 0 aliphatic carbocycles. The van der Waals surface area contributed by atoms with Crippen LogP contribution in [0.5, 0.6) is 0 Å². The van der Waals surface area contributed by atoms with Gasteiger partial charge in [-0.15, -0.1) is 11.3 Å². The predicted molar refractivity (Wildman–Crippen MR) is 71.9 cm³/mol. The summed E-state index contributed by atoms with van der Waals surface area (Å²) in [5.74, 6) is 0. The Hall–Kier alpha value is 0.0900. The zero-order chi connectivity index (χ0) is 12.2. The van der Waals surface area contributed by atoms with Gasteiger partial charge in [0.15, 0.2) is 0 Å². The lowest BCUT2D eigenvalue weighted by molar-refractivity contribution is 0.582. The van der Waals surface area contributed by atoms with E-state index in [0.717, 1.165) is 17.7 Å². The summed E-state index contributed by atoms with van der Waals surface area (Å²) in [6, 6.07) is 3.53. The second-order valence-electron chi connectivity index (χ2n) is 3.43. The molecule has 0 amide bonds. The fraction of sp³-hybridized carbons (Fsp3) is 0.600. The minimum Gasteiger partial charge on any atom is -0.209 e. The minimum absolute atomic E-state index is 0.188. The number of sulfonamides is 1.